The quantitative estimate of drug-likeness (QED) is 0.468. The average Bonchev–Trinajstić information content (AvgIpc) is 2.18. The van der Waals surface area contributed by atoms with Crippen LogP contribution in [-0.2, 0) is 0 Å². The molecular formula is C11H13NO4. The lowest BCUT2D eigenvalue weighted by Crippen LogP contribution is -2.05. The predicted octanol–water partition coefficient (Wildman–Crippen LogP) is 2.37. The molecule has 0 aliphatic rings. The third kappa shape index (κ3) is 2.73. The summed E-state index contributed by atoms with van der Waals surface area (Å²) >= 11 is 0. The van der Waals surface area contributed by atoms with Crippen molar-refractivity contribution in [2.45, 2.75) is 13.8 Å². The molecule has 1 aromatic rings. The second kappa shape index (κ2) is 4.65. The number of aromatic hydroxyl groups is 2. The van der Waals surface area contributed by atoms with Crippen LogP contribution in [-0.4, -0.2) is 15.1 Å². The fraction of sp³-hybridized carbons (Fsp3) is 0.273. The van der Waals surface area contributed by atoms with Gasteiger partial charge in [0.2, 0.25) is 5.70 Å². The van der Waals surface area contributed by atoms with E-state index in [0.29, 0.717) is 5.56 Å². The third-order valence-corrected chi connectivity index (χ3v) is 2.12. The molecule has 86 valence electrons. The highest BCUT2D eigenvalue weighted by Crippen LogP contribution is 2.26. The van der Waals surface area contributed by atoms with Gasteiger partial charge in [-0.1, -0.05) is 19.9 Å². The van der Waals surface area contributed by atoms with Gasteiger partial charge in [-0.25, -0.2) is 0 Å². The Balaban J connectivity index is 3.13. The molecule has 0 radical (unpaired) electrons. The van der Waals surface area contributed by atoms with Crippen LogP contribution in [0.25, 0.3) is 6.08 Å². The minimum absolute atomic E-state index is 0.0603. The SMILES string of the molecule is CC(C)/C(=C/c1ccc(O)c(O)c1)[N+](=O)[O-]. The van der Waals surface area contributed by atoms with E-state index >= 15 is 0 Å². The zero-order valence-corrected chi connectivity index (χ0v) is 9.04. The maximum atomic E-state index is 10.7. The molecule has 0 amide bonds. The van der Waals surface area contributed by atoms with Crippen molar-refractivity contribution in [2.24, 2.45) is 5.92 Å². The first-order chi connectivity index (χ1) is 7.41. The van der Waals surface area contributed by atoms with Gasteiger partial charge < -0.3 is 10.2 Å². The van der Waals surface area contributed by atoms with E-state index in [-0.39, 0.29) is 23.1 Å². The summed E-state index contributed by atoms with van der Waals surface area (Å²) in [6, 6.07) is 4.07. The van der Waals surface area contributed by atoms with Gasteiger partial charge in [-0.05, 0) is 17.7 Å². The molecule has 0 atom stereocenters. The first-order valence-electron chi connectivity index (χ1n) is 4.79. The van der Waals surface area contributed by atoms with E-state index in [0.717, 1.165) is 0 Å². The lowest BCUT2D eigenvalue weighted by molar-refractivity contribution is -0.431. The van der Waals surface area contributed by atoms with Crippen LogP contribution in [0.15, 0.2) is 23.9 Å². The standard InChI is InChI=1S/C11H13NO4/c1-7(2)9(12(15)16)5-8-3-4-10(13)11(14)6-8/h3-7,13-14H,1-2H3/b9-5-. The van der Waals surface area contributed by atoms with E-state index in [1.807, 2.05) is 0 Å². The highest BCUT2D eigenvalue weighted by molar-refractivity contribution is 5.56. The van der Waals surface area contributed by atoms with Crippen molar-refractivity contribution >= 4 is 6.08 Å². The van der Waals surface area contributed by atoms with Crippen molar-refractivity contribution in [1.29, 1.82) is 0 Å². The minimum atomic E-state index is -0.450. The first-order valence-corrected chi connectivity index (χ1v) is 4.79. The molecule has 0 saturated heterocycles. The highest BCUT2D eigenvalue weighted by Gasteiger charge is 2.15. The van der Waals surface area contributed by atoms with E-state index in [4.69, 9.17) is 5.11 Å². The average molecular weight is 223 g/mol. The van der Waals surface area contributed by atoms with Crippen LogP contribution >= 0.6 is 0 Å². The number of phenols is 2. The fourth-order valence-electron chi connectivity index (χ4n) is 1.23. The number of hydrogen-bond donors (Lipinski definition) is 2. The highest BCUT2D eigenvalue weighted by atomic mass is 16.6. The number of allylic oxidation sites excluding steroid dienone is 1. The van der Waals surface area contributed by atoms with E-state index in [1.165, 1.54) is 24.3 Å². The van der Waals surface area contributed by atoms with Crippen molar-refractivity contribution in [3.05, 3.63) is 39.6 Å². The number of nitrogens with zero attached hydrogens (tertiary/aromatic N) is 1. The van der Waals surface area contributed by atoms with Gasteiger partial charge in [-0.3, -0.25) is 10.1 Å². The van der Waals surface area contributed by atoms with Crippen molar-refractivity contribution in [3.63, 3.8) is 0 Å². The minimum Gasteiger partial charge on any atom is -0.504 e. The number of rotatable bonds is 3. The van der Waals surface area contributed by atoms with Crippen LogP contribution in [0.5, 0.6) is 11.5 Å². The summed E-state index contributed by atoms with van der Waals surface area (Å²) in [5, 5.41) is 29.1. The maximum absolute atomic E-state index is 10.7. The monoisotopic (exact) mass is 223 g/mol. The molecule has 0 aromatic heterocycles. The predicted molar refractivity (Wildman–Crippen MR) is 59.6 cm³/mol. The van der Waals surface area contributed by atoms with E-state index in [2.05, 4.69) is 0 Å². The van der Waals surface area contributed by atoms with E-state index in [1.54, 1.807) is 13.8 Å². The zero-order chi connectivity index (χ0) is 12.3. The Hall–Kier alpha value is -2.04. The fourth-order valence-corrected chi connectivity index (χ4v) is 1.23. The summed E-state index contributed by atoms with van der Waals surface area (Å²) in [6.45, 7) is 3.43. The Labute approximate surface area is 92.8 Å². The molecule has 0 unspecified atom stereocenters. The molecule has 0 heterocycles. The molecule has 0 aliphatic heterocycles. The normalized spacial score (nSPS) is 11.8. The lowest BCUT2D eigenvalue weighted by Gasteiger charge is -2.03. The van der Waals surface area contributed by atoms with Gasteiger partial charge in [0.25, 0.3) is 0 Å². The summed E-state index contributed by atoms with van der Waals surface area (Å²) in [4.78, 5) is 10.3. The van der Waals surface area contributed by atoms with Crippen LogP contribution in [0.3, 0.4) is 0 Å². The summed E-state index contributed by atoms with van der Waals surface area (Å²) < 4.78 is 0. The molecule has 0 bridgehead atoms. The molecule has 5 nitrogen and oxygen atoms in total. The topological polar surface area (TPSA) is 83.6 Å². The second-order valence-corrected chi connectivity index (χ2v) is 3.73. The van der Waals surface area contributed by atoms with Crippen LogP contribution < -0.4 is 0 Å². The van der Waals surface area contributed by atoms with Gasteiger partial charge in [-0.15, -0.1) is 0 Å². The van der Waals surface area contributed by atoms with Crippen molar-refractivity contribution in [1.82, 2.24) is 0 Å². The molecule has 2 N–H and O–H groups in total. The Kier molecular flexibility index (Phi) is 3.50. The molecule has 16 heavy (non-hydrogen) atoms. The first kappa shape index (κ1) is 12.0. The summed E-state index contributed by atoms with van der Waals surface area (Å²) in [5.74, 6) is -0.754. The molecule has 1 aromatic carbocycles. The van der Waals surface area contributed by atoms with Crippen molar-refractivity contribution < 1.29 is 15.1 Å². The Bertz CT molecular complexity index is 438. The van der Waals surface area contributed by atoms with Crippen LogP contribution in [0, 0.1) is 16.0 Å². The lowest BCUT2D eigenvalue weighted by atomic mass is 10.1. The molecular weight excluding hydrogens is 210 g/mol. The van der Waals surface area contributed by atoms with Crippen LogP contribution in [0.4, 0.5) is 0 Å². The molecule has 0 saturated carbocycles. The van der Waals surface area contributed by atoms with E-state index < -0.39 is 4.92 Å². The van der Waals surface area contributed by atoms with Crippen LogP contribution in [0.1, 0.15) is 19.4 Å². The molecule has 0 spiro atoms. The van der Waals surface area contributed by atoms with Gasteiger partial charge in [-0.2, -0.15) is 0 Å². The molecule has 0 fully saturated rings. The maximum Gasteiger partial charge on any atom is 0.249 e. The van der Waals surface area contributed by atoms with Crippen molar-refractivity contribution in [3.8, 4) is 11.5 Å². The molecule has 1 rings (SSSR count). The molecule has 5 heteroatoms. The Morgan fingerprint density at radius 3 is 2.44 bits per heavy atom. The zero-order valence-electron chi connectivity index (χ0n) is 9.04. The third-order valence-electron chi connectivity index (χ3n) is 2.12. The van der Waals surface area contributed by atoms with Gasteiger partial charge in [0.05, 0.1) is 4.92 Å². The van der Waals surface area contributed by atoms with Crippen LogP contribution in [0.2, 0.25) is 0 Å². The van der Waals surface area contributed by atoms with E-state index in [9.17, 15) is 15.2 Å². The van der Waals surface area contributed by atoms with Gasteiger partial charge in [0.15, 0.2) is 11.5 Å². The number of hydrogen-bond acceptors (Lipinski definition) is 4. The summed E-state index contributed by atoms with van der Waals surface area (Å²) in [5.41, 5.74) is 0.542. The summed E-state index contributed by atoms with van der Waals surface area (Å²) in [7, 11) is 0. The van der Waals surface area contributed by atoms with Crippen molar-refractivity contribution in [2.75, 3.05) is 0 Å². The number of phenolic OH excluding ortho intramolecular Hbond substituents is 2. The smallest absolute Gasteiger partial charge is 0.249 e. The van der Waals surface area contributed by atoms with Gasteiger partial charge >= 0.3 is 0 Å². The number of benzene rings is 1. The summed E-state index contributed by atoms with van der Waals surface area (Å²) in [6.07, 6.45) is 1.38. The van der Waals surface area contributed by atoms with Gasteiger partial charge in [0.1, 0.15) is 0 Å². The second-order valence-electron chi connectivity index (χ2n) is 3.73. The largest absolute Gasteiger partial charge is 0.504 e. The Morgan fingerprint density at radius 2 is 2.00 bits per heavy atom. The number of nitro groups is 1. The molecule has 0 aliphatic carbocycles. The Morgan fingerprint density at radius 1 is 1.38 bits per heavy atom. The van der Waals surface area contributed by atoms with Gasteiger partial charge in [0, 0.05) is 12.0 Å².